The summed E-state index contributed by atoms with van der Waals surface area (Å²) in [6.45, 7) is 4.85. The number of aliphatic imine (C=N–C) groups is 1. The quantitative estimate of drug-likeness (QED) is 0.263. The molecule has 0 amide bonds. The Hall–Kier alpha value is -3.40. The van der Waals surface area contributed by atoms with Crippen LogP contribution in [0.1, 0.15) is 57.1 Å². The second-order valence-electron chi connectivity index (χ2n) is 8.61. The summed E-state index contributed by atoms with van der Waals surface area (Å²) in [5.41, 5.74) is 7.31. The van der Waals surface area contributed by atoms with Gasteiger partial charge >= 0.3 is 5.97 Å². The van der Waals surface area contributed by atoms with Crippen molar-refractivity contribution in [2.24, 2.45) is 4.99 Å². The molecule has 0 aliphatic heterocycles. The van der Waals surface area contributed by atoms with Gasteiger partial charge in [-0.1, -0.05) is 42.5 Å². The Morgan fingerprint density at radius 3 is 2.66 bits per heavy atom. The average Bonchev–Trinajstić information content (AvgIpc) is 2.80. The van der Waals surface area contributed by atoms with Crippen molar-refractivity contribution in [3.05, 3.63) is 100 Å². The summed E-state index contributed by atoms with van der Waals surface area (Å²) in [5, 5.41) is 0. The standard InChI is InChI=1S/C28H30N2O2/c1-20-12-13-24(16-21(20)2)28(31)32-27-11-7-10-23-14-15-25(17-26(23)27)29-19-30(3)18-22-8-5-4-6-9-22/h4-6,8-9,12-17,19,27H,7,10-11,18H2,1-3H3. The SMILES string of the molecule is Cc1ccc(C(=O)OC2CCCc3ccc(N=CN(C)Cc4ccccc4)cc32)cc1C. The van der Waals surface area contributed by atoms with Gasteiger partial charge in [0.15, 0.2) is 0 Å². The Balaban J connectivity index is 1.48. The zero-order valence-corrected chi connectivity index (χ0v) is 19.0. The lowest BCUT2D eigenvalue weighted by Crippen LogP contribution is -2.17. The number of hydrogen-bond donors (Lipinski definition) is 0. The smallest absolute Gasteiger partial charge is 0.338 e. The Bertz CT molecular complexity index is 1120. The van der Waals surface area contributed by atoms with Gasteiger partial charge in [-0.2, -0.15) is 0 Å². The zero-order valence-electron chi connectivity index (χ0n) is 19.0. The molecule has 3 aromatic rings. The number of esters is 1. The van der Waals surface area contributed by atoms with Crippen molar-refractivity contribution in [2.45, 2.75) is 45.8 Å². The van der Waals surface area contributed by atoms with E-state index in [9.17, 15) is 4.79 Å². The molecule has 32 heavy (non-hydrogen) atoms. The molecule has 0 bridgehead atoms. The van der Waals surface area contributed by atoms with Crippen LogP contribution in [0.4, 0.5) is 5.69 Å². The number of carbonyl (C=O) groups is 1. The van der Waals surface area contributed by atoms with Crippen LogP contribution in [-0.2, 0) is 17.7 Å². The van der Waals surface area contributed by atoms with Crippen LogP contribution in [0.25, 0.3) is 0 Å². The first kappa shape index (κ1) is 21.8. The van der Waals surface area contributed by atoms with Crippen molar-refractivity contribution in [1.29, 1.82) is 0 Å². The third-order valence-electron chi connectivity index (χ3n) is 6.06. The molecular formula is C28H30N2O2. The van der Waals surface area contributed by atoms with Gasteiger partial charge in [0.25, 0.3) is 0 Å². The topological polar surface area (TPSA) is 41.9 Å². The number of fused-ring (bicyclic) bond motifs is 1. The van der Waals surface area contributed by atoms with Crippen LogP contribution in [0, 0.1) is 13.8 Å². The molecule has 0 heterocycles. The molecule has 0 saturated carbocycles. The van der Waals surface area contributed by atoms with Gasteiger partial charge in [-0.05, 0) is 85.2 Å². The molecule has 0 radical (unpaired) electrons. The lowest BCUT2D eigenvalue weighted by Gasteiger charge is -2.26. The molecule has 4 heteroatoms. The van der Waals surface area contributed by atoms with Crippen LogP contribution in [-0.4, -0.2) is 24.3 Å². The van der Waals surface area contributed by atoms with Crippen molar-refractivity contribution in [2.75, 3.05) is 7.05 Å². The van der Waals surface area contributed by atoms with E-state index in [1.807, 2.05) is 69.7 Å². The van der Waals surface area contributed by atoms with Crippen LogP contribution in [0.2, 0.25) is 0 Å². The number of hydrogen-bond acceptors (Lipinski definition) is 3. The van der Waals surface area contributed by atoms with Gasteiger partial charge in [0.1, 0.15) is 6.10 Å². The minimum Gasteiger partial charge on any atom is -0.454 e. The highest BCUT2D eigenvalue weighted by molar-refractivity contribution is 5.90. The Morgan fingerprint density at radius 1 is 1.06 bits per heavy atom. The van der Waals surface area contributed by atoms with Crippen LogP contribution in [0.3, 0.4) is 0 Å². The van der Waals surface area contributed by atoms with Gasteiger partial charge in [0.05, 0.1) is 17.6 Å². The van der Waals surface area contributed by atoms with E-state index in [0.29, 0.717) is 5.56 Å². The Labute approximate surface area is 190 Å². The fraction of sp³-hybridized carbons (Fsp3) is 0.286. The van der Waals surface area contributed by atoms with Crippen molar-refractivity contribution < 1.29 is 9.53 Å². The number of rotatable bonds is 6. The van der Waals surface area contributed by atoms with Crippen LogP contribution in [0.15, 0.2) is 71.7 Å². The van der Waals surface area contributed by atoms with Gasteiger partial charge in [-0.3, -0.25) is 0 Å². The molecule has 164 valence electrons. The van der Waals surface area contributed by atoms with Crippen LogP contribution < -0.4 is 0 Å². The highest BCUT2D eigenvalue weighted by Gasteiger charge is 2.24. The normalized spacial score (nSPS) is 15.4. The molecule has 3 aromatic carbocycles. The first-order chi connectivity index (χ1) is 15.5. The number of benzene rings is 3. The molecule has 1 unspecified atom stereocenters. The number of ether oxygens (including phenoxy) is 1. The Morgan fingerprint density at radius 2 is 1.88 bits per heavy atom. The summed E-state index contributed by atoms with van der Waals surface area (Å²) in [7, 11) is 2.02. The molecule has 0 saturated heterocycles. The fourth-order valence-corrected chi connectivity index (χ4v) is 4.09. The highest BCUT2D eigenvalue weighted by Crippen LogP contribution is 2.35. The molecule has 0 spiro atoms. The summed E-state index contributed by atoms with van der Waals surface area (Å²) < 4.78 is 5.96. The second kappa shape index (κ2) is 9.82. The third kappa shape index (κ3) is 5.25. The Kier molecular flexibility index (Phi) is 6.69. The lowest BCUT2D eigenvalue weighted by atomic mass is 9.89. The van der Waals surface area contributed by atoms with E-state index in [1.54, 1.807) is 0 Å². The molecular weight excluding hydrogens is 396 g/mol. The van der Waals surface area contributed by atoms with E-state index in [1.165, 1.54) is 16.7 Å². The second-order valence-corrected chi connectivity index (χ2v) is 8.61. The first-order valence-corrected chi connectivity index (χ1v) is 11.2. The molecule has 0 aromatic heterocycles. The van der Waals surface area contributed by atoms with Gasteiger partial charge in [0, 0.05) is 13.6 Å². The van der Waals surface area contributed by atoms with Gasteiger partial charge in [-0.25, -0.2) is 9.79 Å². The molecule has 4 nitrogen and oxygen atoms in total. The summed E-state index contributed by atoms with van der Waals surface area (Å²) >= 11 is 0. The third-order valence-corrected chi connectivity index (χ3v) is 6.06. The van der Waals surface area contributed by atoms with Crippen LogP contribution >= 0.6 is 0 Å². The minimum absolute atomic E-state index is 0.231. The summed E-state index contributed by atoms with van der Waals surface area (Å²) in [6, 6.07) is 22.3. The predicted octanol–water partition coefficient (Wildman–Crippen LogP) is 6.33. The van der Waals surface area contributed by atoms with Gasteiger partial charge in [0.2, 0.25) is 0 Å². The predicted molar refractivity (Wildman–Crippen MR) is 130 cm³/mol. The molecule has 1 atom stereocenters. The van der Waals surface area contributed by atoms with E-state index in [2.05, 4.69) is 34.2 Å². The largest absolute Gasteiger partial charge is 0.454 e. The first-order valence-electron chi connectivity index (χ1n) is 11.2. The van der Waals surface area contributed by atoms with Crippen molar-refractivity contribution in [3.63, 3.8) is 0 Å². The number of nitrogens with zero attached hydrogens (tertiary/aromatic N) is 2. The lowest BCUT2D eigenvalue weighted by molar-refractivity contribution is 0.0256. The van der Waals surface area contributed by atoms with Crippen molar-refractivity contribution in [1.82, 2.24) is 4.90 Å². The molecule has 4 rings (SSSR count). The molecule has 1 aliphatic carbocycles. The average molecular weight is 427 g/mol. The van der Waals surface area contributed by atoms with E-state index in [4.69, 9.17) is 4.74 Å². The maximum Gasteiger partial charge on any atom is 0.338 e. The maximum absolute atomic E-state index is 12.8. The number of aryl methyl sites for hydroxylation is 3. The van der Waals surface area contributed by atoms with Crippen LogP contribution in [0.5, 0.6) is 0 Å². The summed E-state index contributed by atoms with van der Waals surface area (Å²) in [5.74, 6) is -0.262. The van der Waals surface area contributed by atoms with E-state index in [0.717, 1.165) is 42.6 Å². The fourth-order valence-electron chi connectivity index (χ4n) is 4.09. The van der Waals surface area contributed by atoms with Crippen molar-refractivity contribution in [3.8, 4) is 0 Å². The molecule has 1 aliphatic rings. The van der Waals surface area contributed by atoms with Gasteiger partial charge < -0.3 is 9.64 Å². The molecule has 0 N–H and O–H groups in total. The van der Waals surface area contributed by atoms with Gasteiger partial charge in [-0.15, -0.1) is 0 Å². The van der Waals surface area contributed by atoms with E-state index >= 15 is 0 Å². The van der Waals surface area contributed by atoms with E-state index < -0.39 is 0 Å². The number of carbonyl (C=O) groups excluding carboxylic acids is 1. The minimum atomic E-state index is -0.262. The maximum atomic E-state index is 12.8. The highest BCUT2D eigenvalue weighted by atomic mass is 16.5. The van der Waals surface area contributed by atoms with E-state index in [-0.39, 0.29) is 12.1 Å². The summed E-state index contributed by atoms with van der Waals surface area (Å²) in [4.78, 5) is 19.5. The zero-order chi connectivity index (χ0) is 22.5. The monoisotopic (exact) mass is 426 g/mol. The summed E-state index contributed by atoms with van der Waals surface area (Å²) in [6.07, 6.45) is 4.48. The molecule has 0 fully saturated rings. The van der Waals surface area contributed by atoms with Crippen molar-refractivity contribution >= 4 is 18.0 Å².